The van der Waals surface area contributed by atoms with E-state index in [-0.39, 0.29) is 24.5 Å². The highest BCUT2D eigenvalue weighted by molar-refractivity contribution is 5.80. The molecule has 14 heavy (non-hydrogen) atoms. The molecule has 0 aromatic carbocycles. The molecule has 0 amide bonds. The number of nitrogens with zero attached hydrogens (tertiary/aromatic N) is 2. The third-order valence-corrected chi connectivity index (χ3v) is 2.83. The molecule has 2 atom stereocenters. The van der Waals surface area contributed by atoms with E-state index in [1.807, 2.05) is 6.92 Å². The van der Waals surface area contributed by atoms with Gasteiger partial charge in [0.2, 0.25) is 0 Å². The van der Waals surface area contributed by atoms with E-state index < -0.39 is 0 Å². The minimum Gasteiger partial charge on any atom is -0.409 e. The number of aliphatic hydroxyl groups excluding tert-OH is 1. The van der Waals surface area contributed by atoms with E-state index in [1.54, 1.807) is 0 Å². The Labute approximate surface area is 84.2 Å². The average Bonchev–Trinajstić information content (AvgIpc) is 2.65. The molecule has 4 N–H and O–H groups in total. The summed E-state index contributed by atoms with van der Waals surface area (Å²) in [4.78, 5) is 2.22. The minimum atomic E-state index is 0.195. The van der Waals surface area contributed by atoms with Gasteiger partial charge in [-0.2, -0.15) is 0 Å². The predicted octanol–water partition coefficient (Wildman–Crippen LogP) is -0.0319. The third kappa shape index (κ3) is 2.59. The van der Waals surface area contributed by atoms with Crippen molar-refractivity contribution in [2.75, 3.05) is 13.2 Å². The summed E-state index contributed by atoms with van der Waals surface area (Å²) in [6.45, 7) is 3.22. The Morgan fingerprint density at radius 2 is 2.43 bits per heavy atom. The quantitative estimate of drug-likeness (QED) is 0.258. The van der Waals surface area contributed by atoms with Crippen LogP contribution in [-0.4, -0.2) is 46.3 Å². The Balaban J connectivity index is 2.47. The Bertz CT molecular complexity index is 208. The molecule has 82 valence electrons. The smallest absolute Gasteiger partial charge is 0.140 e. The zero-order chi connectivity index (χ0) is 10.6. The summed E-state index contributed by atoms with van der Waals surface area (Å²) in [5.41, 5.74) is 5.44. The molecule has 5 nitrogen and oxygen atoms in total. The van der Waals surface area contributed by atoms with Gasteiger partial charge >= 0.3 is 0 Å². The van der Waals surface area contributed by atoms with Crippen LogP contribution in [0.15, 0.2) is 5.16 Å². The molecule has 1 heterocycles. The molecule has 5 heteroatoms. The molecule has 2 unspecified atom stereocenters. The first-order valence-corrected chi connectivity index (χ1v) is 5.02. The van der Waals surface area contributed by atoms with Gasteiger partial charge in [-0.15, -0.1) is 0 Å². The number of nitrogens with two attached hydrogens (primary N) is 1. The van der Waals surface area contributed by atoms with Gasteiger partial charge < -0.3 is 16.0 Å². The van der Waals surface area contributed by atoms with E-state index in [1.165, 1.54) is 0 Å². The van der Waals surface area contributed by atoms with Crippen LogP contribution >= 0.6 is 0 Å². The van der Waals surface area contributed by atoms with Crippen LogP contribution in [0.5, 0.6) is 0 Å². The van der Waals surface area contributed by atoms with Gasteiger partial charge in [-0.25, -0.2) is 0 Å². The summed E-state index contributed by atoms with van der Waals surface area (Å²) in [5.74, 6) is 0.251. The first kappa shape index (κ1) is 11.3. The molecule has 0 aromatic rings. The largest absolute Gasteiger partial charge is 0.409 e. The van der Waals surface area contributed by atoms with E-state index in [0.717, 1.165) is 19.4 Å². The van der Waals surface area contributed by atoms with Crippen molar-refractivity contribution in [1.82, 2.24) is 4.90 Å². The highest BCUT2D eigenvalue weighted by atomic mass is 16.4. The zero-order valence-electron chi connectivity index (χ0n) is 8.56. The standard InChI is InChI=1S/C9H19N3O2/c1-7(5-9(10)11-14)12-4-2-3-8(12)6-13/h7-8,13-14H,2-6H2,1H3,(H2,10,11). The summed E-state index contributed by atoms with van der Waals surface area (Å²) in [6.07, 6.45) is 2.70. The summed E-state index contributed by atoms with van der Waals surface area (Å²) >= 11 is 0. The van der Waals surface area contributed by atoms with Gasteiger partial charge in [-0.05, 0) is 26.3 Å². The Morgan fingerprint density at radius 1 is 1.71 bits per heavy atom. The normalized spacial score (nSPS) is 26.7. The molecule has 0 saturated carbocycles. The second-order valence-corrected chi connectivity index (χ2v) is 3.86. The van der Waals surface area contributed by atoms with Crippen LogP contribution < -0.4 is 5.73 Å². The molecule has 1 aliphatic heterocycles. The van der Waals surface area contributed by atoms with Crippen molar-refractivity contribution in [2.45, 2.75) is 38.3 Å². The number of amidine groups is 1. The number of hydrogen-bond donors (Lipinski definition) is 3. The van der Waals surface area contributed by atoms with E-state index in [9.17, 15) is 0 Å². The Kier molecular flexibility index (Phi) is 4.16. The molecule has 0 radical (unpaired) electrons. The van der Waals surface area contributed by atoms with Crippen molar-refractivity contribution in [1.29, 1.82) is 0 Å². The van der Waals surface area contributed by atoms with Crippen LogP contribution in [0.4, 0.5) is 0 Å². The lowest BCUT2D eigenvalue weighted by Crippen LogP contribution is -2.41. The van der Waals surface area contributed by atoms with Gasteiger partial charge in [0.25, 0.3) is 0 Å². The Hall–Kier alpha value is -0.810. The monoisotopic (exact) mass is 201 g/mol. The second-order valence-electron chi connectivity index (χ2n) is 3.86. The SMILES string of the molecule is CC(CC(N)=NO)N1CCCC1CO. The van der Waals surface area contributed by atoms with Crippen molar-refractivity contribution in [3.05, 3.63) is 0 Å². The fourth-order valence-electron chi connectivity index (χ4n) is 2.10. The summed E-state index contributed by atoms with van der Waals surface area (Å²) in [7, 11) is 0. The van der Waals surface area contributed by atoms with Gasteiger partial charge in [-0.1, -0.05) is 5.16 Å². The van der Waals surface area contributed by atoms with Crippen molar-refractivity contribution in [3.8, 4) is 0 Å². The highest BCUT2D eigenvalue weighted by Crippen LogP contribution is 2.20. The predicted molar refractivity (Wildman–Crippen MR) is 54.3 cm³/mol. The Morgan fingerprint density at radius 3 is 3.00 bits per heavy atom. The molecular formula is C9H19N3O2. The van der Waals surface area contributed by atoms with Gasteiger partial charge in [-0.3, -0.25) is 4.90 Å². The van der Waals surface area contributed by atoms with Crippen molar-refractivity contribution < 1.29 is 10.3 Å². The van der Waals surface area contributed by atoms with E-state index in [2.05, 4.69) is 10.1 Å². The molecule has 1 aliphatic rings. The molecule has 0 bridgehead atoms. The number of likely N-dealkylation sites (tertiary alicyclic amines) is 1. The van der Waals surface area contributed by atoms with Crippen LogP contribution in [0.3, 0.4) is 0 Å². The highest BCUT2D eigenvalue weighted by Gasteiger charge is 2.27. The molecule has 1 saturated heterocycles. The average molecular weight is 201 g/mol. The maximum Gasteiger partial charge on any atom is 0.140 e. The number of rotatable bonds is 4. The fraction of sp³-hybridized carbons (Fsp3) is 0.889. The third-order valence-electron chi connectivity index (χ3n) is 2.83. The first-order chi connectivity index (χ1) is 6.69. The molecular weight excluding hydrogens is 182 g/mol. The van der Waals surface area contributed by atoms with Crippen LogP contribution in [0.25, 0.3) is 0 Å². The number of oxime groups is 1. The van der Waals surface area contributed by atoms with Crippen LogP contribution in [0.2, 0.25) is 0 Å². The maximum absolute atomic E-state index is 9.12. The fourth-order valence-corrected chi connectivity index (χ4v) is 2.10. The molecule has 0 aliphatic carbocycles. The van der Waals surface area contributed by atoms with E-state index >= 15 is 0 Å². The second kappa shape index (κ2) is 5.17. The lowest BCUT2D eigenvalue weighted by Gasteiger charge is -2.29. The maximum atomic E-state index is 9.12. The van der Waals surface area contributed by atoms with E-state index in [4.69, 9.17) is 16.0 Å². The van der Waals surface area contributed by atoms with Crippen molar-refractivity contribution in [3.63, 3.8) is 0 Å². The minimum absolute atomic E-state index is 0.195. The molecule has 1 fully saturated rings. The van der Waals surface area contributed by atoms with Crippen molar-refractivity contribution in [2.24, 2.45) is 10.9 Å². The van der Waals surface area contributed by atoms with Gasteiger partial charge in [0.15, 0.2) is 0 Å². The number of hydrogen-bond acceptors (Lipinski definition) is 4. The van der Waals surface area contributed by atoms with Crippen LogP contribution in [0.1, 0.15) is 26.2 Å². The molecule has 0 spiro atoms. The van der Waals surface area contributed by atoms with Crippen LogP contribution in [-0.2, 0) is 0 Å². The van der Waals surface area contributed by atoms with Gasteiger partial charge in [0.05, 0.1) is 6.61 Å². The van der Waals surface area contributed by atoms with Gasteiger partial charge in [0, 0.05) is 18.5 Å². The van der Waals surface area contributed by atoms with Crippen LogP contribution in [0, 0.1) is 0 Å². The topological polar surface area (TPSA) is 82.1 Å². The van der Waals surface area contributed by atoms with Gasteiger partial charge in [0.1, 0.15) is 5.84 Å². The summed E-state index contributed by atoms with van der Waals surface area (Å²) in [5, 5.41) is 20.5. The van der Waals surface area contributed by atoms with E-state index in [0.29, 0.717) is 6.42 Å². The first-order valence-electron chi connectivity index (χ1n) is 5.02. The number of aliphatic hydroxyl groups is 1. The zero-order valence-corrected chi connectivity index (χ0v) is 8.56. The summed E-state index contributed by atoms with van der Waals surface area (Å²) in [6, 6.07) is 0.474. The van der Waals surface area contributed by atoms with Crippen molar-refractivity contribution >= 4 is 5.84 Å². The lowest BCUT2D eigenvalue weighted by atomic mass is 10.1. The molecule has 0 aromatic heterocycles. The lowest BCUT2D eigenvalue weighted by molar-refractivity contribution is 0.128. The summed E-state index contributed by atoms with van der Waals surface area (Å²) < 4.78 is 0. The molecule has 1 rings (SSSR count).